The van der Waals surface area contributed by atoms with Gasteiger partial charge < -0.3 is 15.4 Å². The molecule has 2 aromatic rings. The molecule has 20 heavy (non-hydrogen) atoms. The summed E-state index contributed by atoms with van der Waals surface area (Å²) in [6, 6.07) is 11.4. The van der Waals surface area contributed by atoms with Gasteiger partial charge in [0.15, 0.2) is 0 Å². The average molecular weight is 293 g/mol. The van der Waals surface area contributed by atoms with Crippen LogP contribution in [0.2, 0.25) is 5.02 Å². The van der Waals surface area contributed by atoms with Gasteiger partial charge in [-0.15, -0.1) is 0 Å². The van der Waals surface area contributed by atoms with Crippen molar-refractivity contribution in [1.82, 2.24) is 10.3 Å². The minimum atomic E-state index is -0.198. The van der Waals surface area contributed by atoms with Crippen LogP contribution >= 0.6 is 11.6 Å². The molecule has 0 bridgehead atoms. The molecule has 0 aliphatic heterocycles. The van der Waals surface area contributed by atoms with Gasteiger partial charge in [0.2, 0.25) is 0 Å². The van der Waals surface area contributed by atoms with E-state index in [0.717, 1.165) is 5.56 Å². The molecule has 0 aliphatic carbocycles. The van der Waals surface area contributed by atoms with Gasteiger partial charge >= 0.3 is 0 Å². The maximum absolute atomic E-state index is 11.9. The lowest BCUT2D eigenvalue weighted by atomic mass is 9.96. The lowest BCUT2D eigenvalue weighted by molar-refractivity contribution is 0.0945. The molecule has 1 aromatic carbocycles. The zero-order valence-electron chi connectivity index (χ0n) is 11.0. The fourth-order valence-corrected chi connectivity index (χ4v) is 2.24. The third-order valence-electron chi connectivity index (χ3n) is 3.15. The lowest BCUT2D eigenvalue weighted by Gasteiger charge is -2.16. The summed E-state index contributed by atoms with van der Waals surface area (Å²) in [5.41, 5.74) is 1.54. The second kappa shape index (κ2) is 7.12. The Balaban J connectivity index is 1.97. The highest BCUT2D eigenvalue weighted by Gasteiger charge is 2.14. The zero-order valence-corrected chi connectivity index (χ0v) is 11.7. The SMILES string of the molecule is O=C(NCC(CCO)c1ccccc1)c1cc(Cl)c[nH]1. The first-order valence-corrected chi connectivity index (χ1v) is 6.86. The molecular formula is C15H17ClN2O2. The summed E-state index contributed by atoms with van der Waals surface area (Å²) in [7, 11) is 0. The number of hydrogen-bond acceptors (Lipinski definition) is 2. The third-order valence-corrected chi connectivity index (χ3v) is 3.37. The highest BCUT2D eigenvalue weighted by molar-refractivity contribution is 6.30. The van der Waals surface area contributed by atoms with Crippen LogP contribution in [-0.2, 0) is 0 Å². The smallest absolute Gasteiger partial charge is 0.267 e. The van der Waals surface area contributed by atoms with Gasteiger partial charge in [0, 0.05) is 25.3 Å². The van der Waals surface area contributed by atoms with Crippen LogP contribution in [0.25, 0.3) is 0 Å². The van der Waals surface area contributed by atoms with E-state index in [-0.39, 0.29) is 18.4 Å². The van der Waals surface area contributed by atoms with Crippen molar-refractivity contribution in [2.45, 2.75) is 12.3 Å². The van der Waals surface area contributed by atoms with Crippen molar-refractivity contribution in [3.63, 3.8) is 0 Å². The molecule has 0 saturated heterocycles. The van der Waals surface area contributed by atoms with Gasteiger partial charge in [-0.2, -0.15) is 0 Å². The molecule has 3 N–H and O–H groups in total. The van der Waals surface area contributed by atoms with Crippen molar-refractivity contribution in [3.8, 4) is 0 Å². The maximum atomic E-state index is 11.9. The van der Waals surface area contributed by atoms with E-state index in [1.165, 1.54) is 0 Å². The summed E-state index contributed by atoms with van der Waals surface area (Å²) in [6.45, 7) is 0.559. The summed E-state index contributed by atoms with van der Waals surface area (Å²) in [5.74, 6) is -0.105. The summed E-state index contributed by atoms with van der Waals surface area (Å²) >= 11 is 5.77. The molecule has 0 saturated carbocycles. The van der Waals surface area contributed by atoms with Crippen molar-refractivity contribution in [3.05, 3.63) is 58.9 Å². The van der Waals surface area contributed by atoms with Gasteiger partial charge in [-0.1, -0.05) is 41.9 Å². The molecule has 1 unspecified atom stereocenters. The highest BCUT2D eigenvalue weighted by atomic mass is 35.5. The fraction of sp³-hybridized carbons (Fsp3) is 0.267. The molecule has 4 nitrogen and oxygen atoms in total. The monoisotopic (exact) mass is 292 g/mol. The Hall–Kier alpha value is -1.78. The minimum Gasteiger partial charge on any atom is -0.396 e. The largest absolute Gasteiger partial charge is 0.396 e. The van der Waals surface area contributed by atoms with E-state index in [1.54, 1.807) is 12.3 Å². The number of H-pyrrole nitrogens is 1. The molecule has 2 rings (SSSR count). The average Bonchev–Trinajstić information content (AvgIpc) is 2.91. The number of amides is 1. The Morgan fingerprint density at radius 1 is 1.35 bits per heavy atom. The number of halogens is 1. The number of aromatic amines is 1. The highest BCUT2D eigenvalue weighted by Crippen LogP contribution is 2.18. The van der Waals surface area contributed by atoms with Crippen LogP contribution in [-0.4, -0.2) is 29.1 Å². The number of nitrogens with one attached hydrogen (secondary N) is 2. The molecular weight excluding hydrogens is 276 g/mol. The van der Waals surface area contributed by atoms with Gasteiger partial charge in [0.25, 0.3) is 5.91 Å². The first-order valence-electron chi connectivity index (χ1n) is 6.48. The van der Waals surface area contributed by atoms with Gasteiger partial charge in [-0.3, -0.25) is 4.79 Å². The van der Waals surface area contributed by atoms with E-state index in [0.29, 0.717) is 23.7 Å². The minimum absolute atomic E-state index is 0.0871. The number of hydrogen-bond donors (Lipinski definition) is 3. The van der Waals surface area contributed by atoms with E-state index in [4.69, 9.17) is 16.7 Å². The number of carbonyl (C=O) groups is 1. The lowest BCUT2D eigenvalue weighted by Crippen LogP contribution is -2.29. The van der Waals surface area contributed by atoms with E-state index in [2.05, 4.69) is 10.3 Å². The van der Waals surface area contributed by atoms with Crippen LogP contribution in [0.15, 0.2) is 42.6 Å². The van der Waals surface area contributed by atoms with Crippen molar-refractivity contribution in [2.75, 3.05) is 13.2 Å². The third kappa shape index (κ3) is 3.85. The topological polar surface area (TPSA) is 65.1 Å². The zero-order chi connectivity index (χ0) is 14.4. The molecule has 0 aliphatic rings. The predicted octanol–water partition coefficient (Wildman–Crippen LogP) is 2.56. The number of rotatable bonds is 6. The summed E-state index contributed by atoms with van der Waals surface area (Å²) in [6.07, 6.45) is 2.18. The fourth-order valence-electron chi connectivity index (χ4n) is 2.08. The molecule has 1 aromatic heterocycles. The number of carbonyl (C=O) groups excluding carboxylic acids is 1. The van der Waals surface area contributed by atoms with Crippen LogP contribution < -0.4 is 5.32 Å². The van der Waals surface area contributed by atoms with Crippen LogP contribution in [0.3, 0.4) is 0 Å². The molecule has 1 heterocycles. The molecule has 106 valence electrons. The Morgan fingerprint density at radius 3 is 2.70 bits per heavy atom. The first-order chi connectivity index (χ1) is 9.70. The van der Waals surface area contributed by atoms with Gasteiger partial charge in [0.1, 0.15) is 5.69 Å². The van der Waals surface area contributed by atoms with Crippen LogP contribution in [0.5, 0.6) is 0 Å². The molecule has 1 amide bonds. The van der Waals surface area contributed by atoms with E-state index in [1.807, 2.05) is 30.3 Å². The second-order valence-electron chi connectivity index (χ2n) is 4.56. The number of aliphatic hydroxyl groups excluding tert-OH is 1. The van der Waals surface area contributed by atoms with E-state index < -0.39 is 0 Å². The van der Waals surface area contributed by atoms with Crippen LogP contribution in [0, 0.1) is 0 Å². The van der Waals surface area contributed by atoms with Crippen molar-refractivity contribution < 1.29 is 9.90 Å². The molecule has 5 heteroatoms. The van der Waals surface area contributed by atoms with Gasteiger partial charge in [-0.05, 0) is 18.1 Å². The van der Waals surface area contributed by atoms with Crippen molar-refractivity contribution >= 4 is 17.5 Å². The molecule has 0 radical (unpaired) electrons. The molecule has 0 fully saturated rings. The summed E-state index contributed by atoms with van der Waals surface area (Å²) in [5, 5.41) is 12.5. The summed E-state index contributed by atoms with van der Waals surface area (Å²) < 4.78 is 0. The van der Waals surface area contributed by atoms with E-state index >= 15 is 0 Å². The normalized spacial score (nSPS) is 12.1. The quantitative estimate of drug-likeness (QED) is 0.766. The Labute approximate surface area is 122 Å². The van der Waals surface area contributed by atoms with Gasteiger partial charge in [-0.25, -0.2) is 0 Å². The molecule has 1 atom stereocenters. The van der Waals surface area contributed by atoms with E-state index in [9.17, 15) is 4.79 Å². The summed E-state index contributed by atoms with van der Waals surface area (Å²) in [4.78, 5) is 14.7. The Bertz CT molecular complexity index is 554. The number of aromatic nitrogens is 1. The predicted molar refractivity (Wildman–Crippen MR) is 79.0 cm³/mol. The Kier molecular flexibility index (Phi) is 5.21. The van der Waals surface area contributed by atoms with Crippen molar-refractivity contribution in [2.24, 2.45) is 0 Å². The first kappa shape index (κ1) is 14.6. The van der Waals surface area contributed by atoms with Gasteiger partial charge in [0.05, 0.1) is 5.02 Å². The van der Waals surface area contributed by atoms with Crippen LogP contribution in [0.1, 0.15) is 28.4 Å². The standard InChI is InChI=1S/C15H17ClN2O2/c16-13-8-14(17-10-13)15(20)18-9-12(6-7-19)11-4-2-1-3-5-11/h1-5,8,10,12,17,19H,6-7,9H2,(H,18,20). The second-order valence-corrected chi connectivity index (χ2v) is 5.00. The van der Waals surface area contributed by atoms with Crippen LogP contribution in [0.4, 0.5) is 0 Å². The number of aliphatic hydroxyl groups is 1. The van der Waals surface area contributed by atoms with Crippen molar-refractivity contribution in [1.29, 1.82) is 0 Å². The molecule has 0 spiro atoms. The Morgan fingerprint density at radius 2 is 2.10 bits per heavy atom. The number of benzene rings is 1. The maximum Gasteiger partial charge on any atom is 0.267 e.